The number of anilines is 1. The molecule has 0 radical (unpaired) electrons. The Kier molecular flexibility index (Phi) is 3.37. The summed E-state index contributed by atoms with van der Waals surface area (Å²) in [6.45, 7) is 0.485. The van der Waals surface area contributed by atoms with Crippen LogP contribution in [0.15, 0.2) is 83.0 Å². The average molecular weight is 355 g/mol. The van der Waals surface area contributed by atoms with Crippen molar-refractivity contribution < 1.29 is 9.53 Å². The van der Waals surface area contributed by atoms with Gasteiger partial charge < -0.3 is 9.64 Å². The molecule has 5 nitrogen and oxygen atoms in total. The van der Waals surface area contributed by atoms with Crippen LogP contribution in [0.3, 0.4) is 0 Å². The highest BCUT2D eigenvalue weighted by molar-refractivity contribution is 6.11. The summed E-state index contributed by atoms with van der Waals surface area (Å²) in [6.07, 6.45) is 0. The molecular formula is C22H17N3O2. The predicted octanol–water partition coefficient (Wildman–Crippen LogP) is 4.58. The molecule has 0 saturated carbocycles. The van der Waals surface area contributed by atoms with Crippen molar-refractivity contribution in [2.45, 2.75) is 12.1 Å². The van der Waals surface area contributed by atoms with Gasteiger partial charge >= 0.3 is 0 Å². The Morgan fingerprint density at radius 2 is 1.74 bits per heavy atom. The zero-order valence-electron chi connectivity index (χ0n) is 14.8. The van der Waals surface area contributed by atoms with Gasteiger partial charge in [0.2, 0.25) is 5.54 Å². The Hall–Kier alpha value is -3.47. The summed E-state index contributed by atoms with van der Waals surface area (Å²) < 4.78 is 5.57. The summed E-state index contributed by atoms with van der Waals surface area (Å²) in [6, 6.07) is 23.3. The summed E-state index contributed by atoms with van der Waals surface area (Å²) >= 11 is 0. The largest absolute Gasteiger partial charge is 0.496 e. The first-order valence-corrected chi connectivity index (χ1v) is 8.81. The summed E-state index contributed by atoms with van der Waals surface area (Å²) in [5.41, 5.74) is 3.00. The molecule has 3 aromatic carbocycles. The predicted molar refractivity (Wildman–Crippen MR) is 102 cm³/mol. The fourth-order valence-electron chi connectivity index (χ4n) is 4.01. The Bertz CT molecular complexity index is 1080. The van der Waals surface area contributed by atoms with E-state index in [9.17, 15) is 4.79 Å². The number of amides is 1. The third kappa shape index (κ3) is 2.08. The molecule has 1 unspecified atom stereocenters. The van der Waals surface area contributed by atoms with Crippen molar-refractivity contribution in [1.29, 1.82) is 0 Å². The van der Waals surface area contributed by atoms with Crippen molar-refractivity contribution in [3.8, 4) is 5.75 Å². The average Bonchev–Trinajstić information content (AvgIpc) is 3.22. The van der Waals surface area contributed by atoms with Gasteiger partial charge in [-0.2, -0.15) is 10.2 Å². The quantitative estimate of drug-likeness (QED) is 0.690. The number of benzene rings is 3. The Labute approximate surface area is 156 Å². The second kappa shape index (κ2) is 5.77. The van der Waals surface area contributed by atoms with Crippen LogP contribution in [-0.2, 0) is 16.9 Å². The molecule has 2 aliphatic heterocycles. The van der Waals surface area contributed by atoms with Gasteiger partial charge in [-0.05, 0) is 23.8 Å². The molecule has 0 bridgehead atoms. The van der Waals surface area contributed by atoms with Gasteiger partial charge in [-0.15, -0.1) is 0 Å². The molecule has 0 fully saturated rings. The number of ether oxygens (including phenoxy) is 1. The number of fused-ring (bicyclic) bond motifs is 4. The van der Waals surface area contributed by atoms with Crippen molar-refractivity contribution in [1.82, 2.24) is 0 Å². The van der Waals surface area contributed by atoms with Crippen LogP contribution in [0.1, 0.15) is 16.7 Å². The molecule has 3 aromatic rings. The van der Waals surface area contributed by atoms with E-state index < -0.39 is 5.54 Å². The topological polar surface area (TPSA) is 54.3 Å². The van der Waals surface area contributed by atoms with Crippen molar-refractivity contribution in [2.24, 2.45) is 10.2 Å². The SMILES string of the molecule is COc1cccc2c1C1(N=N2)C(=O)N(Cc2ccccc2)c2ccccc21. The summed E-state index contributed by atoms with van der Waals surface area (Å²) in [5, 5.41) is 8.84. The number of hydrogen-bond acceptors (Lipinski definition) is 4. The van der Waals surface area contributed by atoms with E-state index in [0.717, 1.165) is 22.4 Å². The van der Waals surface area contributed by atoms with Crippen LogP contribution in [0, 0.1) is 0 Å². The van der Waals surface area contributed by atoms with Crippen LogP contribution < -0.4 is 9.64 Å². The minimum atomic E-state index is -1.17. The second-order valence-corrected chi connectivity index (χ2v) is 6.66. The van der Waals surface area contributed by atoms with Crippen LogP contribution in [0.2, 0.25) is 0 Å². The van der Waals surface area contributed by atoms with E-state index in [2.05, 4.69) is 10.2 Å². The van der Waals surface area contributed by atoms with Crippen LogP contribution in [0.25, 0.3) is 0 Å². The van der Waals surface area contributed by atoms with E-state index in [1.165, 1.54) is 0 Å². The third-order valence-corrected chi connectivity index (χ3v) is 5.22. The van der Waals surface area contributed by atoms with E-state index in [4.69, 9.17) is 4.74 Å². The molecule has 132 valence electrons. The van der Waals surface area contributed by atoms with Crippen molar-refractivity contribution >= 4 is 17.3 Å². The molecular weight excluding hydrogens is 338 g/mol. The molecule has 1 amide bonds. The van der Waals surface area contributed by atoms with Gasteiger partial charge in [0.05, 0.1) is 30.6 Å². The van der Waals surface area contributed by atoms with Crippen molar-refractivity contribution in [3.05, 3.63) is 89.5 Å². The number of methoxy groups -OCH3 is 1. The van der Waals surface area contributed by atoms with E-state index in [0.29, 0.717) is 18.0 Å². The number of carbonyl (C=O) groups is 1. The summed E-state index contributed by atoms with van der Waals surface area (Å²) in [5.74, 6) is 0.529. The smallest absolute Gasteiger partial charge is 0.266 e. The maximum Gasteiger partial charge on any atom is 0.266 e. The molecule has 1 atom stereocenters. The maximum atomic E-state index is 13.7. The standard InChI is InChI=1S/C22H17N3O2/c1-27-19-13-7-11-17-20(19)22(24-23-17)16-10-5-6-12-18(16)25(21(22)26)14-15-8-3-2-4-9-15/h2-13H,14H2,1H3. The normalized spacial score (nSPS) is 19.4. The number of hydrogen-bond donors (Lipinski definition) is 0. The van der Waals surface area contributed by atoms with Crippen LogP contribution in [-0.4, -0.2) is 13.0 Å². The molecule has 2 aliphatic rings. The number of para-hydroxylation sites is 1. The van der Waals surface area contributed by atoms with Crippen molar-refractivity contribution in [2.75, 3.05) is 12.0 Å². The molecule has 5 heteroatoms. The molecule has 0 N–H and O–H groups in total. The lowest BCUT2D eigenvalue weighted by molar-refractivity contribution is -0.121. The third-order valence-electron chi connectivity index (χ3n) is 5.22. The molecule has 2 heterocycles. The first-order chi connectivity index (χ1) is 13.3. The number of nitrogens with zero attached hydrogens (tertiary/aromatic N) is 3. The Morgan fingerprint density at radius 1 is 0.963 bits per heavy atom. The minimum Gasteiger partial charge on any atom is -0.496 e. The van der Waals surface area contributed by atoms with Gasteiger partial charge in [0, 0.05) is 5.56 Å². The van der Waals surface area contributed by atoms with E-state index in [-0.39, 0.29) is 5.91 Å². The lowest BCUT2D eigenvalue weighted by Gasteiger charge is -2.23. The highest BCUT2D eigenvalue weighted by Gasteiger charge is 2.57. The van der Waals surface area contributed by atoms with E-state index in [1.807, 2.05) is 72.8 Å². The Morgan fingerprint density at radius 3 is 2.56 bits per heavy atom. The minimum absolute atomic E-state index is 0.0976. The van der Waals surface area contributed by atoms with E-state index in [1.54, 1.807) is 12.0 Å². The zero-order chi connectivity index (χ0) is 18.4. The highest BCUT2D eigenvalue weighted by Crippen LogP contribution is 2.56. The molecule has 0 aromatic heterocycles. The Balaban J connectivity index is 1.71. The lowest BCUT2D eigenvalue weighted by Crippen LogP contribution is -2.38. The summed E-state index contributed by atoms with van der Waals surface area (Å²) in [4.78, 5) is 15.5. The first kappa shape index (κ1) is 15.8. The number of azo groups is 1. The van der Waals surface area contributed by atoms with Crippen LogP contribution in [0.5, 0.6) is 5.75 Å². The van der Waals surface area contributed by atoms with Gasteiger partial charge in [-0.3, -0.25) is 4.79 Å². The summed E-state index contributed by atoms with van der Waals surface area (Å²) in [7, 11) is 1.61. The zero-order valence-corrected chi connectivity index (χ0v) is 14.8. The maximum absolute atomic E-state index is 13.7. The fourth-order valence-corrected chi connectivity index (χ4v) is 4.01. The van der Waals surface area contributed by atoms with E-state index >= 15 is 0 Å². The van der Waals surface area contributed by atoms with Crippen LogP contribution in [0.4, 0.5) is 11.4 Å². The fraction of sp³-hybridized carbons (Fsp3) is 0.136. The number of rotatable bonds is 3. The van der Waals surface area contributed by atoms with Gasteiger partial charge in [0.15, 0.2) is 0 Å². The molecule has 0 saturated heterocycles. The monoisotopic (exact) mass is 355 g/mol. The van der Waals surface area contributed by atoms with Crippen molar-refractivity contribution in [3.63, 3.8) is 0 Å². The molecule has 27 heavy (non-hydrogen) atoms. The number of carbonyl (C=O) groups excluding carboxylic acids is 1. The molecule has 1 spiro atoms. The first-order valence-electron chi connectivity index (χ1n) is 8.81. The van der Waals surface area contributed by atoms with Gasteiger partial charge in [0.1, 0.15) is 5.75 Å². The molecule has 5 rings (SSSR count). The van der Waals surface area contributed by atoms with Gasteiger partial charge in [0.25, 0.3) is 5.91 Å². The highest BCUT2D eigenvalue weighted by atomic mass is 16.5. The van der Waals surface area contributed by atoms with Gasteiger partial charge in [-0.25, -0.2) is 0 Å². The van der Waals surface area contributed by atoms with Crippen LogP contribution >= 0.6 is 0 Å². The van der Waals surface area contributed by atoms with Gasteiger partial charge in [-0.1, -0.05) is 54.6 Å². The second-order valence-electron chi connectivity index (χ2n) is 6.66. The lowest BCUT2D eigenvalue weighted by atomic mass is 9.84. The molecule has 0 aliphatic carbocycles.